The van der Waals surface area contributed by atoms with E-state index >= 15 is 0 Å². The zero-order chi connectivity index (χ0) is 17.1. The van der Waals surface area contributed by atoms with Crippen LogP contribution >= 0.6 is 0 Å². The van der Waals surface area contributed by atoms with Crippen molar-refractivity contribution in [2.24, 2.45) is 0 Å². The van der Waals surface area contributed by atoms with Crippen molar-refractivity contribution in [2.45, 2.75) is 25.8 Å². The topological polar surface area (TPSA) is 58.6 Å². The number of rotatable bonds is 5. The highest BCUT2D eigenvalue weighted by molar-refractivity contribution is 6.23. The number of nitrogens with zero attached hydrogens (tertiary/aromatic N) is 1. The van der Waals surface area contributed by atoms with E-state index in [1.54, 1.807) is 7.11 Å². The fourth-order valence-corrected chi connectivity index (χ4v) is 2.91. The second kappa shape index (κ2) is 6.74. The number of methoxy groups -OCH3 is 1. The number of benzene rings is 2. The van der Waals surface area contributed by atoms with Gasteiger partial charge in [-0.15, -0.1) is 0 Å². The molecule has 0 aromatic heterocycles. The van der Waals surface area contributed by atoms with E-state index in [0.29, 0.717) is 5.69 Å². The summed E-state index contributed by atoms with van der Waals surface area (Å²) < 4.78 is 5.12. The zero-order valence-electron chi connectivity index (χ0n) is 13.8. The fraction of sp³-hybridized carbons (Fsp3) is 0.263. The predicted molar refractivity (Wildman–Crippen MR) is 93.3 cm³/mol. The van der Waals surface area contributed by atoms with E-state index in [4.69, 9.17) is 4.74 Å². The summed E-state index contributed by atoms with van der Waals surface area (Å²) in [5.74, 6) is 0.358. The van der Waals surface area contributed by atoms with Crippen LogP contribution in [0.25, 0.3) is 0 Å². The highest BCUT2D eigenvalue weighted by Crippen LogP contribution is 2.28. The molecule has 2 amide bonds. The molecule has 0 saturated carbocycles. The number of carbonyl (C=O) groups is 2. The molecule has 1 N–H and O–H groups in total. The standard InChI is InChI=1S/C19H20N2O3/c1-3-13-6-4-5-7-17(13)21-18(22)12-16(19(21)23)20-14-8-10-15(24-2)11-9-14/h4-11,16,20H,3,12H2,1-2H3/t16-/m0/s1. The Hall–Kier alpha value is -2.82. The minimum absolute atomic E-state index is 0.156. The molecule has 0 bridgehead atoms. The number of aryl methyl sites for hydroxylation is 1. The molecule has 1 aliphatic rings. The van der Waals surface area contributed by atoms with Gasteiger partial charge in [0, 0.05) is 5.69 Å². The first-order chi connectivity index (χ1) is 11.6. The minimum atomic E-state index is -0.546. The number of hydrogen-bond donors (Lipinski definition) is 1. The van der Waals surface area contributed by atoms with Gasteiger partial charge in [-0.25, -0.2) is 4.90 Å². The summed E-state index contributed by atoms with van der Waals surface area (Å²) in [5.41, 5.74) is 2.46. The van der Waals surface area contributed by atoms with Gasteiger partial charge in [0.2, 0.25) is 5.91 Å². The van der Waals surface area contributed by atoms with Crippen LogP contribution in [0.4, 0.5) is 11.4 Å². The van der Waals surface area contributed by atoms with Gasteiger partial charge in [0.1, 0.15) is 11.8 Å². The molecule has 3 rings (SSSR count). The third-order valence-corrected chi connectivity index (χ3v) is 4.19. The molecule has 0 spiro atoms. The van der Waals surface area contributed by atoms with Crippen LogP contribution in [0.1, 0.15) is 18.9 Å². The molecule has 2 aromatic rings. The summed E-state index contributed by atoms with van der Waals surface area (Å²) in [7, 11) is 1.60. The molecule has 1 atom stereocenters. The molecular formula is C19H20N2O3. The lowest BCUT2D eigenvalue weighted by molar-refractivity contribution is -0.121. The molecule has 0 radical (unpaired) electrons. The second-order valence-electron chi connectivity index (χ2n) is 5.68. The van der Waals surface area contributed by atoms with Crippen LogP contribution in [0.15, 0.2) is 48.5 Å². The van der Waals surface area contributed by atoms with Crippen LogP contribution in [0.2, 0.25) is 0 Å². The molecule has 1 fully saturated rings. The predicted octanol–water partition coefficient (Wildman–Crippen LogP) is 3.00. The number of amides is 2. The molecule has 0 aliphatic carbocycles. The van der Waals surface area contributed by atoms with Crippen LogP contribution < -0.4 is 15.0 Å². The molecule has 1 heterocycles. The highest BCUT2D eigenvalue weighted by atomic mass is 16.5. The van der Waals surface area contributed by atoms with E-state index in [-0.39, 0.29) is 18.2 Å². The molecule has 124 valence electrons. The van der Waals surface area contributed by atoms with Crippen molar-refractivity contribution in [3.63, 3.8) is 0 Å². The Balaban J connectivity index is 1.81. The molecule has 24 heavy (non-hydrogen) atoms. The SMILES string of the molecule is CCc1ccccc1N1C(=O)C[C@H](Nc2ccc(OC)cc2)C1=O. The normalized spacial score (nSPS) is 17.2. The van der Waals surface area contributed by atoms with Crippen molar-refractivity contribution in [1.29, 1.82) is 0 Å². The number of ether oxygens (including phenoxy) is 1. The Bertz CT molecular complexity index is 755. The van der Waals surface area contributed by atoms with Gasteiger partial charge < -0.3 is 10.1 Å². The zero-order valence-corrected chi connectivity index (χ0v) is 13.8. The summed E-state index contributed by atoms with van der Waals surface area (Å²) in [5, 5.41) is 3.14. The number of imide groups is 1. The maximum absolute atomic E-state index is 12.7. The Morgan fingerprint density at radius 2 is 1.83 bits per heavy atom. The van der Waals surface area contributed by atoms with Crippen molar-refractivity contribution in [1.82, 2.24) is 0 Å². The van der Waals surface area contributed by atoms with Crippen molar-refractivity contribution in [3.05, 3.63) is 54.1 Å². The van der Waals surface area contributed by atoms with Crippen molar-refractivity contribution >= 4 is 23.2 Å². The summed E-state index contributed by atoms with van der Waals surface area (Å²) in [6.45, 7) is 2.01. The summed E-state index contributed by atoms with van der Waals surface area (Å²) in [6.07, 6.45) is 0.923. The van der Waals surface area contributed by atoms with Gasteiger partial charge in [-0.2, -0.15) is 0 Å². The van der Waals surface area contributed by atoms with Gasteiger partial charge in [0.05, 0.1) is 19.2 Å². The Morgan fingerprint density at radius 1 is 1.12 bits per heavy atom. The van der Waals surface area contributed by atoms with Gasteiger partial charge in [0.15, 0.2) is 0 Å². The monoisotopic (exact) mass is 324 g/mol. The lowest BCUT2D eigenvalue weighted by Gasteiger charge is -2.19. The van der Waals surface area contributed by atoms with Gasteiger partial charge in [0.25, 0.3) is 5.91 Å². The number of carbonyl (C=O) groups excluding carboxylic acids is 2. The van der Waals surface area contributed by atoms with Gasteiger partial charge in [-0.3, -0.25) is 9.59 Å². The first-order valence-corrected chi connectivity index (χ1v) is 7.99. The molecule has 2 aromatic carbocycles. The lowest BCUT2D eigenvalue weighted by atomic mass is 10.1. The maximum atomic E-state index is 12.7. The quantitative estimate of drug-likeness (QED) is 0.859. The number of hydrogen-bond acceptors (Lipinski definition) is 4. The lowest BCUT2D eigenvalue weighted by Crippen LogP contribution is -2.35. The van der Waals surface area contributed by atoms with Gasteiger partial charge in [-0.1, -0.05) is 25.1 Å². The van der Waals surface area contributed by atoms with Crippen LogP contribution in [-0.4, -0.2) is 25.0 Å². The fourth-order valence-electron chi connectivity index (χ4n) is 2.91. The van der Waals surface area contributed by atoms with E-state index in [9.17, 15) is 9.59 Å². The van der Waals surface area contributed by atoms with Crippen molar-refractivity contribution in [2.75, 3.05) is 17.3 Å². The van der Waals surface area contributed by atoms with E-state index in [2.05, 4.69) is 5.32 Å². The number of nitrogens with one attached hydrogen (secondary N) is 1. The van der Waals surface area contributed by atoms with Crippen molar-refractivity contribution < 1.29 is 14.3 Å². The third-order valence-electron chi connectivity index (χ3n) is 4.19. The first kappa shape index (κ1) is 16.1. The molecule has 5 nitrogen and oxygen atoms in total. The summed E-state index contributed by atoms with van der Waals surface area (Å²) in [6, 6.07) is 14.3. The van der Waals surface area contributed by atoms with Crippen LogP contribution in [0.5, 0.6) is 5.75 Å². The third kappa shape index (κ3) is 2.97. The second-order valence-corrected chi connectivity index (χ2v) is 5.68. The highest BCUT2D eigenvalue weighted by Gasteiger charge is 2.40. The van der Waals surface area contributed by atoms with E-state index in [1.807, 2.05) is 55.5 Å². The Morgan fingerprint density at radius 3 is 2.50 bits per heavy atom. The van der Waals surface area contributed by atoms with Crippen LogP contribution in [-0.2, 0) is 16.0 Å². The Labute approximate surface area is 141 Å². The van der Waals surface area contributed by atoms with Gasteiger partial charge in [-0.05, 0) is 42.3 Å². The average Bonchev–Trinajstić information content (AvgIpc) is 2.89. The molecule has 1 saturated heterocycles. The number of anilines is 2. The van der Waals surface area contributed by atoms with Crippen LogP contribution in [0, 0.1) is 0 Å². The van der Waals surface area contributed by atoms with Crippen molar-refractivity contribution in [3.8, 4) is 5.75 Å². The molecule has 0 unspecified atom stereocenters. The van der Waals surface area contributed by atoms with Crippen LogP contribution in [0.3, 0.4) is 0 Å². The molecular weight excluding hydrogens is 304 g/mol. The van der Waals surface area contributed by atoms with E-state index in [1.165, 1.54) is 4.90 Å². The average molecular weight is 324 g/mol. The summed E-state index contributed by atoms with van der Waals surface area (Å²) >= 11 is 0. The first-order valence-electron chi connectivity index (χ1n) is 7.99. The maximum Gasteiger partial charge on any atom is 0.256 e. The van der Waals surface area contributed by atoms with Gasteiger partial charge >= 0.3 is 0 Å². The molecule has 1 aliphatic heterocycles. The largest absolute Gasteiger partial charge is 0.497 e. The minimum Gasteiger partial charge on any atom is -0.497 e. The summed E-state index contributed by atoms with van der Waals surface area (Å²) in [4.78, 5) is 26.4. The van der Waals surface area contributed by atoms with E-state index in [0.717, 1.165) is 23.4 Å². The smallest absolute Gasteiger partial charge is 0.256 e. The molecule has 5 heteroatoms. The Kier molecular flexibility index (Phi) is 4.51. The number of para-hydroxylation sites is 1. The van der Waals surface area contributed by atoms with E-state index < -0.39 is 6.04 Å².